The molecule has 0 aliphatic rings. The first kappa shape index (κ1) is 14.0. The van der Waals surface area contributed by atoms with Crippen LogP contribution in [0.3, 0.4) is 0 Å². The molecular formula is C11H16ClN5O2. The Balaban J connectivity index is 2.32. The Labute approximate surface area is 115 Å². The number of ether oxygens (including phenoxy) is 1. The number of rotatable bonds is 6. The van der Waals surface area contributed by atoms with Crippen molar-refractivity contribution in [3.8, 4) is 0 Å². The van der Waals surface area contributed by atoms with Gasteiger partial charge in [-0.1, -0.05) is 11.6 Å². The van der Waals surface area contributed by atoms with Gasteiger partial charge in [0, 0.05) is 19.3 Å². The van der Waals surface area contributed by atoms with E-state index in [4.69, 9.17) is 16.3 Å². The number of nitrogens with zero attached hydrogens (tertiary/aromatic N) is 4. The lowest BCUT2D eigenvalue weighted by atomic mass is 10.2. The summed E-state index contributed by atoms with van der Waals surface area (Å²) in [5, 5.41) is 17.1. The van der Waals surface area contributed by atoms with Gasteiger partial charge in [0.2, 0.25) is 0 Å². The van der Waals surface area contributed by atoms with E-state index >= 15 is 0 Å². The molecule has 1 unspecified atom stereocenters. The summed E-state index contributed by atoms with van der Waals surface area (Å²) in [6.07, 6.45) is 2.08. The molecule has 0 bridgehead atoms. The molecule has 7 nitrogen and oxygen atoms in total. The average Bonchev–Trinajstić information content (AvgIpc) is 2.86. The number of aliphatic hydroxyl groups is 1. The van der Waals surface area contributed by atoms with Gasteiger partial charge in [-0.05, 0) is 13.3 Å². The van der Waals surface area contributed by atoms with Crippen LogP contribution in [0.4, 0.5) is 5.82 Å². The Morgan fingerprint density at radius 1 is 1.58 bits per heavy atom. The minimum atomic E-state index is -0.149. The number of hydrogen-bond donors (Lipinski definition) is 2. The molecule has 0 aliphatic carbocycles. The van der Waals surface area contributed by atoms with E-state index in [-0.39, 0.29) is 12.6 Å². The van der Waals surface area contributed by atoms with Crippen LogP contribution in [0.1, 0.15) is 12.0 Å². The number of anilines is 1. The maximum absolute atomic E-state index is 9.38. The van der Waals surface area contributed by atoms with Crippen LogP contribution in [-0.2, 0) is 4.74 Å². The zero-order valence-electron chi connectivity index (χ0n) is 10.8. The molecule has 104 valence electrons. The summed E-state index contributed by atoms with van der Waals surface area (Å²) in [5.41, 5.74) is 0.760. The molecule has 0 spiro atoms. The molecule has 0 saturated carbocycles. The van der Waals surface area contributed by atoms with Crippen LogP contribution < -0.4 is 5.32 Å². The molecular weight excluding hydrogens is 270 g/mol. The molecule has 0 aliphatic heterocycles. The van der Waals surface area contributed by atoms with Crippen LogP contribution in [0.15, 0.2) is 6.33 Å². The number of aliphatic hydroxyl groups excluding tert-OH is 1. The smallest absolute Gasteiger partial charge is 0.255 e. The normalized spacial score (nSPS) is 12.8. The van der Waals surface area contributed by atoms with Gasteiger partial charge in [-0.3, -0.25) is 0 Å². The van der Waals surface area contributed by atoms with Gasteiger partial charge in [-0.2, -0.15) is 19.6 Å². The lowest BCUT2D eigenvalue weighted by molar-refractivity contribution is 0.174. The first-order chi connectivity index (χ1) is 9.17. The molecule has 0 amide bonds. The maximum atomic E-state index is 9.38. The van der Waals surface area contributed by atoms with E-state index in [0.717, 1.165) is 5.56 Å². The van der Waals surface area contributed by atoms with Gasteiger partial charge >= 0.3 is 0 Å². The predicted molar refractivity (Wildman–Crippen MR) is 71.5 cm³/mol. The van der Waals surface area contributed by atoms with Crippen molar-refractivity contribution in [2.45, 2.75) is 19.4 Å². The third-order valence-corrected chi connectivity index (χ3v) is 3.20. The number of methoxy groups -OCH3 is 1. The average molecular weight is 286 g/mol. The Kier molecular flexibility index (Phi) is 4.52. The van der Waals surface area contributed by atoms with Gasteiger partial charge in [-0.25, -0.2) is 0 Å². The fraction of sp³-hybridized carbons (Fsp3) is 0.545. The summed E-state index contributed by atoms with van der Waals surface area (Å²) in [7, 11) is 1.62. The molecule has 0 fully saturated rings. The molecule has 2 heterocycles. The highest BCUT2D eigenvalue weighted by Gasteiger charge is 2.15. The Bertz CT molecular complexity index is 559. The van der Waals surface area contributed by atoms with Crippen molar-refractivity contribution in [3.63, 3.8) is 0 Å². The van der Waals surface area contributed by atoms with Crippen LogP contribution in [-0.4, -0.2) is 51.1 Å². The second-order valence-electron chi connectivity index (χ2n) is 4.15. The van der Waals surface area contributed by atoms with Crippen molar-refractivity contribution >= 4 is 23.2 Å². The Hall–Kier alpha value is -1.44. The summed E-state index contributed by atoms with van der Waals surface area (Å²) in [5.74, 6) is 1.10. The molecule has 2 aromatic rings. The fourth-order valence-electron chi connectivity index (χ4n) is 1.73. The summed E-state index contributed by atoms with van der Waals surface area (Å²) < 4.78 is 6.58. The molecule has 0 saturated heterocycles. The van der Waals surface area contributed by atoms with E-state index in [1.165, 1.54) is 6.33 Å². The molecule has 1 atom stereocenters. The number of nitrogens with one attached hydrogen (secondary N) is 1. The Morgan fingerprint density at radius 3 is 3.05 bits per heavy atom. The third-order valence-electron chi connectivity index (χ3n) is 2.84. The van der Waals surface area contributed by atoms with Gasteiger partial charge in [0.1, 0.15) is 17.3 Å². The lowest BCUT2D eigenvalue weighted by Crippen LogP contribution is -2.27. The van der Waals surface area contributed by atoms with Crippen LogP contribution >= 0.6 is 11.6 Å². The van der Waals surface area contributed by atoms with Gasteiger partial charge in [0.05, 0.1) is 12.6 Å². The van der Waals surface area contributed by atoms with Crippen LogP contribution in [0.5, 0.6) is 0 Å². The highest BCUT2D eigenvalue weighted by Crippen LogP contribution is 2.22. The SMILES string of the molecule is COCCC(CO)Nc1c(C)c(Cl)nc2ncnn12. The quantitative estimate of drug-likeness (QED) is 0.767. The molecule has 8 heteroatoms. The van der Waals surface area contributed by atoms with Gasteiger partial charge < -0.3 is 15.2 Å². The molecule has 2 rings (SSSR count). The number of hydrogen-bond acceptors (Lipinski definition) is 6. The van der Waals surface area contributed by atoms with E-state index in [1.807, 2.05) is 6.92 Å². The van der Waals surface area contributed by atoms with Gasteiger partial charge in [0.25, 0.3) is 5.78 Å². The zero-order chi connectivity index (χ0) is 13.8. The minimum Gasteiger partial charge on any atom is -0.394 e. The third kappa shape index (κ3) is 2.94. The van der Waals surface area contributed by atoms with E-state index < -0.39 is 0 Å². The monoisotopic (exact) mass is 285 g/mol. The fourth-order valence-corrected chi connectivity index (χ4v) is 1.89. The van der Waals surface area contributed by atoms with Crippen molar-refractivity contribution in [3.05, 3.63) is 17.0 Å². The van der Waals surface area contributed by atoms with E-state index in [9.17, 15) is 5.11 Å². The van der Waals surface area contributed by atoms with Gasteiger partial charge in [0.15, 0.2) is 0 Å². The summed E-state index contributed by atoms with van der Waals surface area (Å²) in [6.45, 7) is 2.37. The second-order valence-corrected chi connectivity index (χ2v) is 4.51. The number of halogens is 1. The lowest BCUT2D eigenvalue weighted by Gasteiger charge is -2.19. The summed E-state index contributed by atoms with van der Waals surface area (Å²) in [6, 6.07) is -0.149. The van der Waals surface area contributed by atoms with Crippen molar-refractivity contribution in [2.75, 3.05) is 25.6 Å². The maximum Gasteiger partial charge on any atom is 0.255 e. The largest absolute Gasteiger partial charge is 0.394 e. The van der Waals surface area contributed by atoms with E-state index in [1.54, 1.807) is 11.6 Å². The topological polar surface area (TPSA) is 84.6 Å². The first-order valence-corrected chi connectivity index (χ1v) is 6.27. The molecule has 2 N–H and O–H groups in total. The Morgan fingerprint density at radius 2 is 2.37 bits per heavy atom. The van der Waals surface area contributed by atoms with Crippen molar-refractivity contribution in [1.29, 1.82) is 0 Å². The zero-order valence-corrected chi connectivity index (χ0v) is 11.6. The van der Waals surface area contributed by atoms with E-state index in [0.29, 0.717) is 29.8 Å². The molecule has 0 aromatic carbocycles. The molecule has 19 heavy (non-hydrogen) atoms. The summed E-state index contributed by atoms with van der Waals surface area (Å²) in [4.78, 5) is 8.12. The van der Waals surface area contributed by atoms with Crippen molar-refractivity contribution < 1.29 is 9.84 Å². The number of fused-ring (bicyclic) bond motifs is 1. The van der Waals surface area contributed by atoms with Gasteiger partial charge in [-0.15, -0.1) is 0 Å². The second kappa shape index (κ2) is 6.14. The number of aromatic nitrogens is 4. The predicted octanol–water partition coefficient (Wildman–Crippen LogP) is 0.895. The molecule has 2 aromatic heterocycles. The standard InChI is InChI=1S/C11H16ClN5O2/c1-7-9(12)16-11-13-6-14-17(11)10(7)15-8(5-18)3-4-19-2/h6,8,15,18H,3-5H2,1-2H3. The van der Waals surface area contributed by atoms with Crippen LogP contribution in [0, 0.1) is 6.92 Å². The summed E-state index contributed by atoms with van der Waals surface area (Å²) >= 11 is 6.06. The van der Waals surface area contributed by atoms with E-state index in [2.05, 4.69) is 20.4 Å². The van der Waals surface area contributed by atoms with Crippen LogP contribution in [0.25, 0.3) is 5.78 Å². The minimum absolute atomic E-state index is 0.0149. The highest BCUT2D eigenvalue weighted by atomic mass is 35.5. The first-order valence-electron chi connectivity index (χ1n) is 5.89. The van der Waals surface area contributed by atoms with Crippen molar-refractivity contribution in [2.24, 2.45) is 0 Å². The molecule has 0 radical (unpaired) electrons. The van der Waals surface area contributed by atoms with Crippen molar-refractivity contribution in [1.82, 2.24) is 19.6 Å². The highest BCUT2D eigenvalue weighted by molar-refractivity contribution is 6.30. The van der Waals surface area contributed by atoms with Crippen LogP contribution in [0.2, 0.25) is 5.15 Å².